The molecule has 98 valence electrons. The first kappa shape index (κ1) is 14.4. The topological polar surface area (TPSA) is 79.2 Å². The summed E-state index contributed by atoms with van der Waals surface area (Å²) in [4.78, 5) is 18.6. The largest absolute Gasteiger partial charge is 0.465 e. The normalized spacial score (nSPS) is 10.8. The predicted molar refractivity (Wildman–Crippen MR) is 70.1 cm³/mol. The lowest BCUT2D eigenvalue weighted by molar-refractivity contribution is -0.354. The number of unbranched alkanes of at least 4 members (excludes halogenated alkanes) is 1. The van der Waals surface area contributed by atoms with Gasteiger partial charge in [-0.1, -0.05) is 24.9 Å². The molecule has 0 amide bonds. The van der Waals surface area contributed by atoms with Gasteiger partial charge >= 0.3 is 5.97 Å². The van der Waals surface area contributed by atoms with Crippen LogP contribution in [0.3, 0.4) is 0 Å². The van der Waals surface area contributed by atoms with Crippen molar-refractivity contribution in [2.45, 2.75) is 26.2 Å². The lowest BCUT2D eigenvalue weighted by Gasteiger charge is -2.04. The van der Waals surface area contributed by atoms with E-state index in [2.05, 4.69) is 21.6 Å². The number of carbonyl (C=O) groups excluding carboxylic acids is 1. The minimum absolute atomic E-state index is 0.195. The van der Waals surface area contributed by atoms with Crippen molar-refractivity contribution < 1.29 is 14.5 Å². The zero-order valence-electron chi connectivity index (χ0n) is 10.5. The molecule has 0 saturated heterocycles. The van der Waals surface area contributed by atoms with Crippen molar-refractivity contribution in [2.75, 3.05) is 7.11 Å². The van der Waals surface area contributed by atoms with E-state index in [4.69, 9.17) is 17.3 Å². The number of nitrogens with zero attached hydrogens (tertiary/aromatic N) is 1. The molecule has 0 aliphatic carbocycles. The third kappa shape index (κ3) is 3.43. The Morgan fingerprint density at radius 2 is 2.39 bits per heavy atom. The number of esters is 1. The average molecular weight is 271 g/mol. The molecule has 0 unspecified atom stereocenters. The number of halogens is 1. The van der Waals surface area contributed by atoms with Crippen LogP contribution in [0.4, 0.5) is 5.82 Å². The van der Waals surface area contributed by atoms with Crippen LogP contribution in [0.25, 0.3) is 0 Å². The second-order valence-corrected chi connectivity index (χ2v) is 4.13. The fourth-order valence-electron chi connectivity index (χ4n) is 1.53. The van der Waals surface area contributed by atoms with Gasteiger partial charge in [-0.05, 0) is 12.5 Å². The van der Waals surface area contributed by atoms with Crippen LogP contribution in [-0.2, 0) is 11.2 Å². The van der Waals surface area contributed by atoms with Crippen LogP contribution in [-0.4, -0.2) is 24.4 Å². The van der Waals surface area contributed by atoms with Crippen LogP contribution in [0.2, 0.25) is 5.02 Å². The molecule has 0 fully saturated rings. The first-order chi connectivity index (χ1) is 8.63. The van der Waals surface area contributed by atoms with Crippen LogP contribution in [0.15, 0.2) is 6.07 Å². The molecule has 0 spiro atoms. The summed E-state index contributed by atoms with van der Waals surface area (Å²) in [6, 6.07) is 1.69. The standard InChI is InChI=1S/C12H16ClN3O2/c1-3-4-5-8-6-9(13)10(12(17)18-2)11(16-8)15-7-14/h6-7H,3-5H2,1-2H3,(H2,14,15,16)/p+1. The summed E-state index contributed by atoms with van der Waals surface area (Å²) in [6.07, 6.45) is 4.07. The van der Waals surface area contributed by atoms with Gasteiger partial charge in [-0.15, -0.1) is 4.98 Å². The summed E-state index contributed by atoms with van der Waals surface area (Å²) < 4.78 is 4.67. The maximum absolute atomic E-state index is 11.6. The van der Waals surface area contributed by atoms with E-state index < -0.39 is 5.97 Å². The quantitative estimate of drug-likeness (QED) is 0.466. The molecule has 0 aliphatic heterocycles. The number of rotatable bonds is 5. The van der Waals surface area contributed by atoms with Crippen LogP contribution in [0.5, 0.6) is 0 Å². The molecule has 1 rings (SSSR count). The summed E-state index contributed by atoms with van der Waals surface area (Å²) in [5.41, 5.74) is 6.31. The Balaban J connectivity index is 3.22. The van der Waals surface area contributed by atoms with Crippen molar-refractivity contribution in [2.24, 2.45) is 5.73 Å². The highest BCUT2D eigenvalue weighted by molar-refractivity contribution is 6.34. The number of hydrogen-bond donors (Lipinski definition) is 2. The molecule has 3 N–H and O–H groups in total. The predicted octanol–water partition coefficient (Wildman–Crippen LogP) is 0.563. The summed E-state index contributed by atoms with van der Waals surface area (Å²) in [6.45, 7) is 2.09. The number of carbonyl (C=O) groups is 1. The molecular formula is C12H17ClN3O2+. The molecule has 0 radical (unpaired) electrons. The van der Waals surface area contributed by atoms with E-state index in [0.717, 1.165) is 25.0 Å². The molecule has 6 heteroatoms. The monoisotopic (exact) mass is 270 g/mol. The minimum atomic E-state index is -0.543. The summed E-state index contributed by atoms with van der Waals surface area (Å²) in [7, 11) is 1.29. The first-order valence-corrected chi connectivity index (χ1v) is 6.09. The average Bonchev–Trinajstić information content (AvgIpc) is 2.35. The molecule has 5 nitrogen and oxygen atoms in total. The van der Waals surface area contributed by atoms with E-state index >= 15 is 0 Å². The Bertz CT molecular complexity index is 461. The van der Waals surface area contributed by atoms with E-state index in [9.17, 15) is 4.79 Å². The van der Waals surface area contributed by atoms with Crippen molar-refractivity contribution >= 4 is 29.7 Å². The highest BCUT2D eigenvalue weighted by atomic mass is 35.5. The first-order valence-electron chi connectivity index (χ1n) is 5.71. The Morgan fingerprint density at radius 3 is 2.94 bits per heavy atom. The fourth-order valence-corrected chi connectivity index (χ4v) is 1.82. The number of aromatic nitrogens is 1. The lowest BCUT2D eigenvalue weighted by atomic mass is 10.1. The Labute approximate surface area is 111 Å². The zero-order chi connectivity index (χ0) is 13.5. The summed E-state index contributed by atoms with van der Waals surface area (Å²) in [5, 5.41) is 0.312. The summed E-state index contributed by atoms with van der Waals surface area (Å²) >= 11 is 6.09. The second-order valence-electron chi connectivity index (χ2n) is 3.73. The molecule has 0 aliphatic rings. The van der Waals surface area contributed by atoms with Crippen LogP contribution in [0.1, 0.15) is 35.8 Å². The van der Waals surface area contributed by atoms with Crippen LogP contribution < -0.4 is 10.7 Å². The number of pyridine rings is 1. The van der Waals surface area contributed by atoms with Crippen molar-refractivity contribution in [3.63, 3.8) is 0 Å². The molecule has 1 aromatic rings. The molecule has 0 aromatic carbocycles. The van der Waals surface area contributed by atoms with E-state index in [1.807, 2.05) is 0 Å². The van der Waals surface area contributed by atoms with E-state index in [1.54, 1.807) is 6.07 Å². The van der Waals surface area contributed by atoms with Gasteiger partial charge in [-0.3, -0.25) is 0 Å². The van der Waals surface area contributed by atoms with E-state index in [1.165, 1.54) is 13.4 Å². The minimum Gasteiger partial charge on any atom is -0.465 e. The third-order valence-corrected chi connectivity index (χ3v) is 2.72. The molecule has 1 heterocycles. The fraction of sp³-hybridized carbons (Fsp3) is 0.417. The Hall–Kier alpha value is -1.62. The molecular weight excluding hydrogens is 254 g/mol. The molecule has 18 heavy (non-hydrogen) atoms. The van der Waals surface area contributed by atoms with Gasteiger partial charge in [0.05, 0.1) is 12.1 Å². The molecule has 0 bridgehead atoms. The highest BCUT2D eigenvalue weighted by Gasteiger charge is 2.22. The number of nitrogens with two attached hydrogens (primary N) is 1. The number of nitrogens with one attached hydrogen (secondary N) is 1. The maximum atomic E-state index is 11.6. The van der Waals surface area contributed by atoms with Gasteiger partial charge in [0.1, 0.15) is 5.69 Å². The van der Waals surface area contributed by atoms with E-state index in [-0.39, 0.29) is 5.56 Å². The molecule has 0 saturated carbocycles. The molecule has 1 aromatic heterocycles. The van der Waals surface area contributed by atoms with Gasteiger partial charge in [0, 0.05) is 6.42 Å². The number of hydrogen-bond acceptors (Lipinski definition) is 3. The third-order valence-electron chi connectivity index (χ3n) is 2.42. The van der Waals surface area contributed by atoms with Crippen LogP contribution in [0, 0.1) is 0 Å². The van der Waals surface area contributed by atoms with Gasteiger partial charge in [0.25, 0.3) is 5.82 Å². The molecule has 0 atom stereocenters. The van der Waals surface area contributed by atoms with Gasteiger partial charge < -0.3 is 10.5 Å². The van der Waals surface area contributed by atoms with Gasteiger partial charge in [-0.25, -0.2) is 9.79 Å². The van der Waals surface area contributed by atoms with Crippen molar-refractivity contribution in [1.29, 1.82) is 0 Å². The number of ether oxygens (including phenoxy) is 1. The SMILES string of the molecule is CCCCc1cc(Cl)c(C(=O)OC)c([NH+]=CN)n1. The van der Waals surface area contributed by atoms with Crippen LogP contribution >= 0.6 is 11.6 Å². The van der Waals surface area contributed by atoms with Crippen molar-refractivity contribution in [3.05, 3.63) is 22.3 Å². The lowest BCUT2D eigenvalue weighted by Crippen LogP contribution is -2.65. The van der Waals surface area contributed by atoms with Gasteiger partial charge in [-0.2, -0.15) is 0 Å². The van der Waals surface area contributed by atoms with E-state index in [0.29, 0.717) is 10.8 Å². The number of aryl methyl sites for hydroxylation is 1. The van der Waals surface area contributed by atoms with Crippen molar-refractivity contribution in [1.82, 2.24) is 4.98 Å². The van der Waals surface area contributed by atoms with Gasteiger partial charge in [0.2, 0.25) is 0 Å². The van der Waals surface area contributed by atoms with Gasteiger partial charge in [0.15, 0.2) is 11.9 Å². The number of methoxy groups -OCH3 is 1. The smallest absolute Gasteiger partial charge is 0.346 e. The Morgan fingerprint density at radius 1 is 1.67 bits per heavy atom. The highest BCUT2D eigenvalue weighted by Crippen LogP contribution is 2.22. The Kier molecular flexibility index (Phi) is 5.58. The second kappa shape index (κ2) is 6.96. The van der Waals surface area contributed by atoms with Crippen molar-refractivity contribution in [3.8, 4) is 0 Å². The zero-order valence-corrected chi connectivity index (χ0v) is 11.3. The maximum Gasteiger partial charge on any atom is 0.346 e. The summed E-state index contributed by atoms with van der Waals surface area (Å²) in [5.74, 6) is -0.221.